The van der Waals surface area contributed by atoms with Crippen LogP contribution >= 0.6 is 0 Å². The molecule has 0 saturated heterocycles. The summed E-state index contributed by atoms with van der Waals surface area (Å²) in [6.07, 6.45) is 0. The van der Waals surface area contributed by atoms with E-state index in [1.807, 2.05) is 38.1 Å². The van der Waals surface area contributed by atoms with Crippen LogP contribution in [-0.4, -0.2) is 0 Å². The molecule has 0 atom stereocenters. The Morgan fingerprint density at radius 2 is 1.39 bits per heavy atom. The molecule has 0 N–H and O–H groups in total. The molecule has 0 aromatic heterocycles. The Labute approximate surface area is 110 Å². The zero-order chi connectivity index (χ0) is 13.5. The van der Waals surface area contributed by atoms with E-state index in [1.165, 1.54) is 11.1 Å². The van der Waals surface area contributed by atoms with Gasteiger partial charge in [-0.05, 0) is 55.7 Å². The van der Waals surface area contributed by atoms with Crippen LogP contribution in [0, 0.1) is 20.8 Å². The average Bonchev–Trinajstić information content (AvgIpc) is 2.39. The molecule has 0 saturated carbocycles. The minimum Gasteiger partial charge on any atom is -0.457 e. The standard InChI is InChI=1S/C15H16O.C2H6/c1-11-8-9-14(10-13(11)3)16-15-7-5-4-6-12(15)2;1-2/h4-10H,1-3H3;1-2H3. The van der Waals surface area contributed by atoms with Gasteiger partial charge in [-0.15, -0.1) is 0 Å². The van der Waals surface area contributed by atoms with E-state index in [9.17, 15) is 0 Å². The van der Waals surface area contributed by atoms with E-state index in [4.69, 9.17) is 4.74 Å². The highest BCUT2D eigenvalue weighted by molar-refractivity contribution is 5.39. The molecule has 2 aromatic carbocycles. The minimum atomic E-state index is 0.900. The molecule has 96 valence electrons. The van der Waals surface area contributed by atoms with Gasteiger partial charge >= 0.3 is 0 Å². The van der Waals surface area contributed by atoms with Gasteiger partial charge in [-0.1, -0.05) is 38.1 Å². The Morgan fingerprint density at radius 1 is 0.722 bits per heavy atom. The summed E-state index contributed by atoms with van der Waals surface area (Å²) in [7, 11) is 0. The lowest BCUT2D eigenvalue weighted by atomic mass is 10.1. The fourth-order valence-corrected chi connectivity index (χ4v) is 1.58. The molecule has 0 fully saturated rings. The van der Waals surface area contributed by atoms with Crippen molar-refractivity contribution in [2.45, 2.75) is 34.6 Å². The molecule has 0 heterocycles. The normalized spacial score (nSPS) is 9.39. The second-order valence-corrected chi connectivity index (χ2v) is 4.11. The van der Waals surface area contributed by atoms with E-state index < -0.39 is 0 Å². The zero-order valence-electron chi connectivity index (χ0n) is 11.9. The predicted molar refractivity (Wildman–Crippen MR) is 78.5 cm³/mol. The Bertz CT molecular complexity index is 501. The molecule has 0 bridgehead atoms. The van der Waals surface area contributed by atoms with Gasteiger partial charge < -0.3 is 4.74 Å². The smallest absolute Gasteiger partial charge is 0.130 e. The van der Waals surface area contributed by atoms with Gasteiger partial charge in [0.05, 0.1) is 0 Å². The molecule has 2 aromatic rings. The second-order valence-electron chi connectivity index (χ2n) is 4.11. The van der Waals surface area contributed by atoms with Gasteiger partial charge in [-0.2, -0.15) is 0 Å². The molecule has 0 amide bonds. The zero-order valence-corrected chi connectivity index (χ0v) is 11.9. The van der Waals surface area contributed by atoms with Crippen molar-refractivity contribution in [2.75, 3.05) is 0 Å². The molecule has 18 heavy (non-hydrogen) atoms. The fraction of sp³-hybridized carbons (Fsp3) is 0.294. The number of benzene rings is 2. The molecule has 1 nitrogen and oxygen atoms in total. The van der Waals surface area contributed by atoms with Gasteiger partial charge in [0.1, 0.15) is 11.5 Å². The maximum atomic E-state index is 5.84. The van der Waals surface area contributed by atoms with E-state index in [-0.39, 0.29) is 0 Å². The van der Waals surface area contributed by atoms with Gasteiger partial charge in [0.15, 0.2) is 0 Å². The van der Waals surface area contributed by atoms with Crippen LogP contribution in [0.5, 0.6) is 11.5 Å². The summed E-state index contributed by atoms with van der Waals surface area (Å²) in [6.45, 7) is 10.3. The van der Waals surface area contributed by atoms with Crippen LogP contribution in [0.3, 0.4) is 0 Å². The van der Waals surface area contributed by atoms with Crippen LogP contribution in [0.4, 0.5) is 0 Å². The molecular formula is C17H22O. The third-order valence-corrected chi connectivity index (χ3v) is 2.80. The van der Waals surface area contributed by atoms with Gasteiger partial charge in [0.2, 0.25) is 0 Å². The Balaban J connectivity index is 0.000000771. The monoisotopic (exact) mass is 242 g/mol. The quantitative estimate of drug-likeness (QED) is 0.682. The van der Waals surface area contributed by atoms with Crippen molar-refractivity contribution < 1.29 is 4.74 Å². The van der Waals surface area contributed by atoms with Gasteiger partial charge in [-0.3, -0.25) is 0 Å². The SMILES string of the molecule is CC.Cc1ccc(Oc2ccccc2C)cc1C. The summed E-state index contributed by atoms with van der Waals surface area (Å²) in [6, 6.07) is 14.2. The largest absolute Gasteiger partial charge is 0.457 e. The van der Waals surface area contributed by atoms with Crippen molar-refractivity contribution >= 4 is 0 Å². The van der Waals surface area contributed by atoms with Crippen LogP contribution in [-0.2, 0) is 0 Å². The van der Waals surface area contributed by atoms with E-state index >= 15 is 0 Å². The number of para-hydroxylation sites is 1. The molecule has 0 aliphatic carbocycles. The maximum Gasteiger partial charge on any atom is 0.130 e. The first kappa shape index (κ1) is 14.3. The summed E-state index contributed by atoms with van der Waals surface area (Å²) >= 11 is 0. The Kier molecular flexibility index (Phi) is 5.44. The summed E-state index contributed by atoms with van der Waals surface area (Å²) in [5, 5.41) is 0. The van der Waals surface area contributed by atoms with Crippen LogP contribution in [0.2, 0.25) is 0 Å². The minimum absolute atomic E-state index is 0.900. The fourth-order valence-electron chi connectivity index (χ4n) is 1.58. The lowest BCUT2D eigenvalue weighted by molar-refractivity contribution is 0.478. The Hall–Kier alpha value is -1.76. The lowest BCUT2D eigenvalue weighted by Gasteiger charge is -2.09. The van der Waals surface area contributed by atoms with Crippen molar-refractivity contribution in [2.24, 2.45) is 0 Å². The second kappa shape index (κ2) is 6.85. The summed E-state index contributed by atoms with van der Waals surface area (Å²) in [5.41, 5.74) is 3.70. The molecule has 1 heteroatoms. The molecule has 0 aliphatic heterocycles. The van der Waals surface area contributed by atoms with Crippen LogP contribution in [0.1, 0.15) is 30.5 Å². The molecule has 0 aliphatic rings. The van der Waals surface area contributed by atoms with Crippen molar-refractivity contribution in [1.82, 2.24) is 0 Å². The summed E-state index contributed by atoms with van der Waals surface area (Å²) in [4.78, 5) is 0. The van der Waals surface area contributed by atoms with Crippen LogP contribution in [0.25, 0.3) is 0 Å². The lowest BCUT2D eigenvalue weighted by Crippen LogP contribution is -1.88. The van der Waals surface area contributed by atoms with Crippen molar-refractivity contribution in [1.29, 1.82) is 0 Å². The first-order valence-electron chi connectivity index (χ1n) is 6.47. The highest BCUT2D eigenvalue weighted by Crippen LogP contribution is 2.25. The summed E-state index contributed by atoms with van der Waals surface area (Å²) < 4.78 is 5.84. The highest BCUT2D eigenvalue weighted by Gasteiger charge is 2.01. The van der Waals surface area contributed by atoms with E-state index in [2.05, 4.69) is 39.0 Å². The third kappa shape index (κ3) is 3.63. The highest BCUT2D eigenvalue weighted by atomic mass is 16.5. The first-order valence-corrected chi connectivity index (χ1v) is 6.47. The van der Waals surface area contributed by atoms with Crippen molar-refractivity contribution in [3.05, 3.63) is 59.2 Å². The van der Waals surface area contributed by atoms with Gasteiger partial charge in [0, 0.05) is 0 Å². The maximum absolute atomic E-state index is 5.84. The number of hydrogen-bond acceptors (Lipinski definition) is 1. The molecule has 0 unspecified atom stereocenters. The number of ether oxygens (including phenoxy) is 1. The number of aryl methyl sites for hydroxylation is 3. The molecule has 2 rings (SSSR count). The van der Waals surface area contributed by atoms with Crippen LogP contribution in [0.15, 0.2) is 42.5 Å². The van der Waals surface area contributed by atoms with Gasteiger partial charge in [0.25, 0.3) is 0 Å². The van der Waals surface area contributed by atoms with Gasteiger partial charge in [-0.25, -0.2) is 0 Å². The molecular weight excluding hydrogens is 220 g/mol. The van der Waals surface area contributed by atoms with E-state index in [0.29, 0.717) is 0 Å². The number of hydrogen-bond donors (Lipinski definition) is 0. The Morgan fingerprint density at radius 3 is 2.00 bits per heavy atom. The number of rotatable bonds is 2. The van der Waals surface area contributed by atoms with E-state index in [0.717, 1.165) is 17.1 Å². The topological polar surface area (TPSA) is 9.23 Å². The first-order chi connectivity index (χ1) is 8.66. The van der Waals surface area contributed by atoms with Crippen molar-refractivity contribution in [3.8, 4) is 11.5 Å². The third-order valence-electron chi connectivity index (χ3n) is 2.80. The van der Waals surface area contributed by atoms with E-state index in [1.54, 1.807) is 0 Å². The predicted octanol–water partition coefficient (Wildman–Crippen LogP) is 5.43. The molecule has 0 radical (unpaired) electrons. The average molecular weight is 242 g/mol. The van der Waals surface area contributed by atoms with Crippen molar-refractivity contribution in [3.63, 3.8) is 0 Å². The molecule has 0 spiro atoms. The summed E-state index contributed by atoms with van der Waals surface area (Å²) in [5.74, 6) is 1.82. The van der Waals surface area contributed by atoms with Crippen LogP contribution < -0.4 is 4.74 Å².